The Morgan fingerprint density at radius 1 is 1.21 bits per heavy atom. The van der Waals surface area contributed by atoms with Crippen molar-refractivity contribution in [3.8, 4) is 0 Å². The van der Waals surface area contributed by atoms with E-state index in [1.807, 2.05) is 0 Å². The molecule has 6 nitrogen and oxygen atoms in total. The van der Waals surface area contributed by atoms with Gasteiger partial charge in [-0.2, -0.15) is 0 Å². The van der Waals surface area contributed by atoms with Gasteiger partial charge in [0.1, 0.15) is 10.3 Å². The number of rotatable bonds is 5. The first kappa shape index (κ1) is 22.6. The van der Waals surface area contributed by atoms with Crippen molar-refractivity contribution in [3.63, 3.8) is 0 Å². The van der Waals surface area contributed by atoms with Gasteiger partial charge in [-0.15, -0.1) is 0 Å². The lowest BCUT2D eigenvalue weighted by molar-refractivity contribution is -0.139. The van der Waals surface area contributed by atoms with Gasteiger partial charge >= 0.3 is 12.1 Å². The minimum atomic E-state index is -3.05. The monoisotopic (exact) mass is 369 g/mol. The highest BCUT2D eigenvalue weighted by molar-refractivity contribution is 7.91. The van der Waals surface area contributed by atoms with Gasteiger partial charge in [0.05, 0.1) is 18.0 Å². The molecule has 0 radical (unpaired) electrons. The lowest BCUT2D eigenvalue weighted by Gasteiger charge is -2.33. The number of esters is 1. The molecule has 1 atom stereocenters. The third kappa shape index (κ3) is 7.48. The Balaban J connectivity index is 6.03. The van der Waals surface area contributed by atoms with Crippen molar-refractivity contribution in [1.82, 2.24) is 4.31 Å². The molecule has 0 bridgehead atoms. The fraction of sp³-hybridized carbons (Fsp3) is 0.733. The van der Waals surface area contributed by atoms with Gasteiger partial charge in [-0.1, -0.05) is 4.31 Å². The molecule has 0 saturated heterocycles. The van der Waals surface area contributed by atoms with E-state index in [-0.39, 0.29) is 12.7 Å². The number of nitrogens with zero attached hydrogens (tertiary/aromatic N) is 1. The Labute approximate surface area is 144 Å². The third-order valence-corrected chi connectivity index (χ3v) is 3.96. The zero-order chi connectivity index (χ0) is 19.3. The van der Waals surface area contributed by atoms with Crippen LogP contribution in [0.4, 0.5) is 13.6 Å². The summed E-state index contributed by atoms with van der Waals surface area (Å²) >= 11 is -2.15. The number of hydrogen-bond acceptors (Lipinski definition) is 5. The molecule has 0 aliphatic rings. The van der Waals surface area contributed by atoms with Gasteiger partial charge in [0.2, 0.25) is 0 Å². The normalized spacial score (nSPS) is 14.4. The van der Waals surface area contributed by atoms with Crippen LogP contribution in [0.2, 0.25) is 0 Å². The van der Waals surface area contributed by atoms with Crippen molar-refractivity contribution in [2.24, 2.45) is 0 Å². The maximum atomic E-state index is 12.8. The molecule has 0 unspecified atom stereocenters. The van der Waals surface area contributed by atoms with Crippen LogP contribution in [0.5, 0.6) is 0 Å². The fourth-order valence-electron chi connectivity index (χ4n) is 1.38. The van der Waals surface area contributed by atoms with Crippen molar-refractivity contribution in [1.29, 1.82) is 0 Å². The molecule has 0 heterocycles. The molecule has 140 valence electrons. The van der Waals surface area contributed by atoms with Crippen LogP contribution in [0.25, 0.3) is 0 Å². The second-order valence-electron chi connectivity index (χ2n) is 6.74. The average molecular weight is 369 g/mol. The van der Waals surface area contributed by atoms with Crippen molar-refractivity contribution >= 4 is 23.4 Å². The zero-order valence-corrected chi connectivity index (χ0v) is 15.8. The van der Waals surface area contributed by atoms with Gasteiger partial charge in [0, 0.05) is 6.08 Å². The quantitative estimate of drug-likeness (QED) is 0.422. The van der Waals surface area contributed by atoms with Gasteiger partial charge in [-0.25, -0.2) is 18.4 Å². The number of carbonyl (C=O) groups excluding carboxylic acids is 2. The van der Waals surface area contributed by atoms with E-state index in [2.05, 4.69) is 0 Å². The molecule has 1 amide bonds. The predicted molar refractivity (Wildman–Crippen MR) is 86.7 cm³/mol. The molecule has 0 fully saturated rings. The minimum absolute atomic E-state index is 0.0935. The minimum Gasteiger partial charge on any atom is -0.592 e. The first-order valence-corrected chi connectivity index (χ1v) is 8.43. The molecule has 0 aliphatic carbocycles. The van der Waals surface area contributed by atoms with E-state index in [1.165, 1.54) is 27.7 Å². The summed E-state index contributed by atoms with van der Waals surface area (Å²) in [5.41, 5.74) is -1.78. The number of allylic oxidation sites excluding steroid dienone is 1. The second kappa shape index (κ2) is 8.66. The van der Waals surface area contributed by atoms with E-state index in [4.69, 9.17) is 9.47 Å². The SMILES string of the molecule is CCOC(=O)C(=CC(F)F)N(C(=O)OC(C)(C)C)[S@+]([O-])C(C)(C)C. The third-order valence-electron chi connectivity index (χ3n) is 2.24. The van der Waals surface area contributed by atoms with Gasteiger partial charge in [0.15, 0.2) is 5.70 Å². The van der Waals surface area contributed by atoms with Crippen LogP contribution in [-0.2, 0) is 25.6 Å². The number of alkyl halides is 2. The summed E-state index contributed by atoms with van der Waals surface area (Å²) < 4.78 is 47.6. The lowest BCUT2D eigenvalue weighted by Crippen LogP contribution is -2.49. The zero-order valence-electron chi connectivity index (χ0n) is 15.0. The maximum absolute atomic E-state index is 12.8. The second-order valence-corrected chi connectivity index (χ2v) is 8.83. The number of halogens is 2. The predicted octanol–water partition coefficient (Wildman–Crippen LogP) is 3.40. The van der Waals surface area contributed by atoms with E-state index in [9.17, 15) is 22.9 Å². The molecule has 0 aromatic heterocycles. The van der Waals surface area contributed by atoms with Crippen molar-refractivity contribution < 1.29 is 32.4 Å². The first-order valence-electron chi connectivity index (χ1n) is 7.33. The molecule has 0 aromatic carbocycles. The molecule has 24 heavy (non-hydrogen) atoms. The Morgan fingerprint density at radius 3 is 2.04 bits per heavy atom. The molecule has 0 saturated carbocycles. The van der Waals surface area contributed by atoms with Crippen LogP contribution in [-0.4, -0.2) is 44.3 Å². The fourth-order valence-corrected chi connectivity index (χ4v) is 2.41. The van der Waals surface area contributed by atoms with Gasteiger partial charge in [0.25, 0.3) is 6.43 Å². The van der Waals surface area contributed by atoms with E-state index in [0.717, 1.165) is 0 Å². The Kier molecular flexibility index (Phi) is 8.17. The largest absolute Gasteiger partial charge is 0.592 e. The highest BCUT2D eigenvalue weighted by atomic mass is 32.2. The van der Waals surface area contributed by atoms with Crippen LogP contribution < -0.4 is 0 Å². The number of carbonyl (C=O) groups is 2. The number of amides is 1. The molecular formula is C15H25F2NO5S. The summed E-state index contributed by atoms with van der Waals surface area (Å²) in [6.45, 7) is 10.7. The summed E-state index contributed by atoms with van der Waals surface area (Å²) in [5, 5.41) is 0. The molecule has 0 spiro atoms. The highest BCUT2D eigenvalue weighted by Gasteiger charge is 2.44. The van der Waals surface area contributed by atoms with Gasteiger partial charge in [-0.05, 0) is 48.5 Å². The summed E-state index contributed by atoms with van der Waals surface area (Å²) in [4.78, 5) is 24.4. The average Bonchev–Trinajstić information content (AvgIpc) is 2.34. The van der Waals surface area contributed by atoms with Crippen LogP contribution in [0.15, 0.2) is 11.8 Å². The molecule has 0 aliphatic heterocycles. The summed E-state index contributed by atoms with van der Waals surface area (Å²) in [5.74, 6) is -1.18. The standard InChI is InChI=1S/C15H25F2NO5S/c1-8-22-12(19)10(9-11(16)17)18(24(21)15(5,6)7)13(20)23-14(2,3)4/h9,11H,8H2,1-7H3/t24-/m1/s1. The topological polar surface area (TPSA) is 78.9 Å². The number of ether oxygens (including phenoxy) is 2. The number of hydrogen-bond donors (Lipinski definition) is 0. The van der Waals surface area contributed by atoms with Crippen molar-refractivity contribution in [3.05, 3.63) is 11.8 Å². The summed E-state index contributed by atoms with van der Waals surface area (Å²) in [6.07, 6.45) is -3.99. The summed E-state index contributed by atoms with van der Waals surface area (Å²) in [7, 11) is 0. The Hall–Kier alpha value is -1.35. The van der Waals surface area contributed by atoms with E-state index in [0.29, 0.717) is 4.31 Å². The molecule has 9 heteroatoms. The van der Waals surface area contributed by atoms with Gasteiger partial charge in [-0.3, -0.25) is 0 Å². The first-order chi connectivity index (χ1) is 10.7. The van der Waals surface area contributed by atoms with E-state index >= 15 is 0 Å². The maximum Gasteiger partial charge on any atom is 0.457 e. The van der Waals surface area contributed by atoms with Gasteiger partial charge < -0.3 is 14.0 Å². The van der Waals surface area contributed by atoms with Crippen LogP contribution in [0.1, 0.15) is 48.5 Å². The van der Waals surface area contributed by atoms with Crippen LogP contribution in [0.3, 0.4) is 0 Å². The molecule has 0 N–H and O–H groups in total. The Bertz CT molecular complexity index is 483. The van der Waals surface area contributed by atoms with Crippen LogP contribution in [0, 0.1) is 0 Å². The van der Waals surface area contributed by atoms with Crippen LogP contribution >= 0.6 is 0 Å². The smallest absolute Gasteiger partial charge is 0.457 e. The highest BCUT2D eigenvalue weighted by Crippen LogP contribution is 2.27. The Morgan fingerprint density at radius 2 is 1.71 bits per heavy atom. The van der Waals surface area contributed by atoms with Crippen molar-refractivity contribution in [2.45, 2.75) is 65.2 Å². The van der Waals surface area contributed by atoms with E-state index < -0.39 is 45.9 Å². The summed E-state index contributed by atoms with van der Waals surface area (Å²) in [6, 6.07) is 0. The van der Waals surface area contributed by atoms with E-state index in [1.54, 1.807) is 20.8 Å². The molecule has 0 aromatic rings. The lowest BCUT2D eigenvalue weighted by atomic mass is 10.2. The molecule has 0 rings (SSSR count). The molecular weight excluding hydrogens is 344 g/mol. The van der Waals surface area contributed by atoms with Crippen molar-refractivity contribution in [2.75, 3.05) is 6.61 Å².